The lowest BCUT2D eigenvalue weighted by Gasteiger charge is -1.92. The van der Waals surface area contributed by atoms with Crippen LogP contribution >= 0.6 is 0 Å². The molecule has 0 saturated carbocycles. The molecule has 0 aliphatic carbocycles. The molecule has 0 amide bonds. The topological polar surface area (TPSA) is 69.2 Å². The van der Waals surface area contributed by atoms with E-state index in [1.165, 1.54) is 12.1 Å². The molecule has 0 unspecified atom stereocenters. The predicted octanol–water partition coefficient (Wildman–Crippen LogP) is 2.86. The lowest BCUT2D eigenvalue weighted by atomic mass is 10.3. The molecule has 16 heavy (non-hydrogen) atoms. The Bertz CT molecular complexity index is 417. The van der Waals surface area contributed by atoms with Crippen molar-refractivity contribution in [2.24, 2.45) is 0 Å². The van der Waals surface area contributed by atoms with Crippen molar-refractivity contribution in [1.29, 1.82) is 0 Å². The molecule has 0 heterocycles. The SMILES string of the molecule is Nc1ccccc1[N+](=O)[O-].c1ccccc1. The van der Waals surface area contributed by atoms with Crippen molar-refractivity contribution in [2.75, 3.05) is 5.73 Å². The highest BCUT2D eigenvalue weighted by atomic mass is 16.6. The van der Waals surface area contributed by atoms with Crippen LogP contribution in [-0.2, 0) is 0 Å². The fraction of sp³-hybridized carbons (Fsp3) is 0. The second-order valence-electron chi connectivity index (χ2n) is 2.97. The van der Waals surface area contributed by atoms with E-state index >= 15 is 0 Å². The molecule has 0 radical (unpaired) electrons. The summed E-state index contributed by atoms with van der Waals surface area (Å²) in [7, 11) is 0. The van der Waals surface area contributed by atoms with Crippen LogP contribution in [0, 0.1) is 10.1 Å². The Morgan fingerprint density at radius 2 is 1.31 bits per heavy atom. The molecular weight excluding hydrogens is 204 g/mol. The summed E-state index contributed by atoms with van der Waals surface area (Å²) < 4.78 is 0. The van der Waals surface area contributed by atoms with Crippen molar-refractivity contribution in [1.82, 2.24) is 0 Å². The Hall–Kier alpha value is -2.36. The highest BCUT2D eigenvalue weighted by Crippen LogP contribution is 2.18. The molecule has 2 rings (SSSR count). The van der Waals surface area contributed by atoms with Gasteiger partial charge in [-0.15, -0.1) is 0 Å². The van der Waals surface area contributed by atoms with Crippen molar-refractivity contribution >= 4 is 11.4 Å². The summed E-state index contributed by atoms with van der Waals surface area (Å²) in [6, 6.07) is 18.1. The van der Waals surface area contributed by atoms with Crippen LogP contribution in [0.25, 0.3) is 0 Å². The summed E-state index contributed by atoms with van der Waals surface area (Å²) >= 11 is 0. The molecule has 0 aliphatic heterocycles. The Morgan fingerprint density at radius 1 is 0.875 bits per heavy atom. The number of nitrogen functional groups attached to an aromatic ring is 1. The number of benzene rings is 2. The molecular formula is C12H12N2O2. The number of rotatable bonds is 1. The van der Waals surface area contributed by atoms with Gasteiger partial charge in [-0.2, -0.15) is 0 Å². The van der Waals surface area contributed by atoms with E-state index in [1.807, 2.05) is 36.4 Å². The van der Waals surface area contributed by atoms with Gasteiger partial charge in [0.15, 0.2) is 0 Å². The van der Waals surface area contributed by atoms with Crippen LogP contribution in [0.4, 0.5) is 11.4 Å². The molecule has 0 aromatic heterocycles. The standard InChI is InChI=1S/C6H6N2O2.C6H6/c7-5-3-1-2-4-6(5)8(9)10;1-2-4-6-5-3-1/h1-4H,7H2;1-6H. The number of anilines is 1. The van der Waals surface area contributed by atoms with E-state index in [0.29, 0.717) is 0 Å². The van der Waals surface area contributed by atoms with E-state index in [1.54, 1.807) is 12.1 Å². The summed E-state index contributed by atoms with van der Waals surface area (Å²) in [5, 5.41) is 10.1. The highest BCUT2D eigenvalue weighted by molar-refractivity contribution is 5.57. The third kappa shape index (κ3) is 3.79. The van der Waals surface area contributed by atoms with Crippen molar-refractivity contribution in [3.05, 3.63) is 70.8 Å². The molecule has 0 fully saturated rings. The minimum Gasteiger partial charge on any atom is -0.393 e. The fourth-order valence-electron chi connectivity index (χ4n) is 1.04. The maximum atomic E-state index is 10.1. The van der Waals surface area contributed by atoms with Gasteiger partial charge in [0.05, 0.1) is 4.92 Å². The first-order valence-electron chi connectivity index (χ1n) is 4.70. The molecule has 0 atom stereocenters. The van der Waals surface area contributed by atoms with Crippen molar-refractivity contribution in [3.63, 3.8) is 0 Å². The molecule has 0 bridgehead atoms. The molecule has 0 saturated heterocycles. The van der Waals surface area contributed by atoms with Crippen LogP contribution in [0.1, 0.15) is 0 Å². The quantitative estimate of drug-likeness (QED) is 0.452. The van der Waals surface area contributed by atoms with E-state index in [9.17, 15) is 10.1 Å². The summed E-state index contributed by atoms with van der Waals surface area (Å²) in [4.78, 5) is 9.64. The average Bonchev–Trinajstić information content (AvgIpc) is 2.32. The van der Waals surface area contributed by atoms with Crippen LogP contribution < -0.4 is 5.73 Å². The summed E-state index contributed by atoms with van der Waals surface area (Å²) in [5.74, 6) is 0. The van der Waals surface area contributed by atoms with Gasteiger partial charge < -0.3 is 5.73 Å². The number of nitrogens with zero attached hydrogens (tertiary/aromatic N) is 1. The maximum absolute atomic E-state index is 10.1. The zero-order valence-electron chi connectivity index (χ0n) is 8.61. The molecule has 2 N–H and O–H groups in total. The summed E-state index contributed by atoms with van der Waals surface area (Å²) in [5.41, 5.74) is 5.44. The summed E-state index contributed by atoms with van der Waals surface area (Å²) in [6.07, 6.45) is 0. The maximum Gasteiger partial charge on any atom is 0.292 e. The number of nitro benzene ring substituents is 1. The molecule has 4 heteroatoms. The smallest absolute Gasteiger partial charge is 0.292 e. The van der Waals surface area contributed by atoms with E-state index in [2.05, 4.69) is 0 Å². The highest BCUT2D eigenvalue weighted by Gasteiger charge is 2.07. The zero-order chi connectivity index (χ0) is 11.8. The van der Waals surface area contributed by atoms with E-state index in [-0.39, 0.29) is 11.4 Å². The lowest BCUT2D eigenvalue weighted by molar-refractivity contribution is -0.383. The van der Waals surface area contributed by atoms with Gasteiger partial charge in [-0.3, -0.25) is 10.1 Å². The van der Waals surface area contributed by atoms with Gasteiger partial charge >= 0.3 is 0 Å². The lowest BCUT2D eigenvalue weighted by Crippen LogP contribution is -1.93. The second-order valence-corrected chi connectivity index (χ2v) is 2.97. The average molecular weight is 216 g/mol. The predicted molar refractivity (Wildman–Crippen MR) is 64.0 cm³/mol. The van der Waals surface area contributed by atoms with Gasteiger partial charge in [-0.05, 0) is 6.07 Å². The van der Waals surface area contributed by atoms with Gasteiger partial charge in [0.25, 0.3) is 5.69 Å². The van der Waals surface area contributed by atoms with Crippen LogP contribution in [0.3, 0.4) is 0 Å². The largest absolute Gasteiger partial charge is 0.393 e. The van der Waals surface area contributed by atoms with Crippen LogP contribution in [0.2, 0.25) is 0 Å². The Balaban J connectivity index is 0.000000181. The molecule has 82 valence electrons. The monoisotopic (exact) mass is 216 g/mol. The van der Waals surface area contributed by atoms with E-state index in [0.717, 1.165) is 0 Å². The summed E-state index contributed by atoms with van der Waals surface area (Å²) in [6.45, 7) is 0. The minimum atomic E-state index is -0.505. The minimum absolute atomic E-state index is 0.0394. The van der Waals surface area contributed by atoms with Crippen molar-refractivity contribution < 1.29 is 4.92 Å². The third-order valence-electron chi connectivity index (χ3n) is 1.80. The Kier molecular flexibility index (Phi) is 4.53. The van der Waals surface area contributed by atoms with E-state index in [4.69, 9.17) is 5.73 Å². The number of nitrogens with two attached hydrogens (primary N) is 1. The van der Waals surface area contributed by atoms with Crippen molar-refractivity contribution in [2.45, 2.75) is 0 Å². The van der Waals surface area contributed by atoms with E-state index < -0.39 is 4.92 Å². The van der Waals surface area contributed by atoms with Gasteiger partial charge in [0, 0.05) is 6.07 Å². The first kappa shape index (κ1) is 11.7. The van der Waals surface area contributed by atoms with Crippen molar-refractivity contribution in [3.8, 4) is 0 Å². The molecule has 0 aliphatic rings. The van der Waals surface area contributed by atoms with Gasteiger partial charge in [0.1, 0.15) is 5.69 Å². The Labute approximate surface area is 93.5 Å². The third-order valence-corrected chi connectivity index (χ3v) is 1.80. The number of nitro groups is 1. The fourth-order valence-corrected chi connectivity index (χ4v) is 1.04. The first-order valence-corrected chi connectivity index (χ1v) is 4.70. The Morgan fingerprint density at radius 3 is 1.62 bits per heavy atom. The molecule has 2 aromatic carbocycles. The number of hydrogen-bond donors (Lipinski definition) is 1. The normalized spacial score (nSPS) is 8.75. The zero-order valence-corrected chi connectivity index (χ0v) is 8.61. The van der Waals surface area contributed by atoms with Gasteiger partial charge in [-0.25, -0.2) is 0 Å². The molecule has 4 nitrogen and oxygen atoms in total. The van der Waals surface area contributed by atoms with Crippen LogP contribution in [0.15, 0.2) is 60.7 Å². The number of para-hydroxylation sites is 2. The molecule has 2 aromatic rings. The van der Waals surface area contributed by atoms with Gasteiger partial charge in [-0.1, -0.05) is 48.5 Å². The van der Waals surface area contributed by atoms with Crippen LogP contribution in [0.5, 0.6) is 0 Å². The molecule has 0 spiro atoms. The first-order chi connectivity index (χ1) is 7.72. The van der Waals surface area contributed by atoms with Gasteiger partial charge in [0.2, 0.25) is 0 Å². The second kappa shape index (κ2) is 6.19. The number of hydrogen-bond acceptors (Lipinski definition) is 3. The van der Waals surface area contributed by atoms with Crippen LogP contribution in [-0.4, -0.2) is 4.92 Å².